The summed E-state index contributed by atoms with van der Waals surface area (Å²) in [6.45, 7) is 2.18. The molecule has 0 aromatic heterocycles. The molecule has 0 aliphatic heterocycles. The summed E-state index contributed by atoms with van der Waals surface area (Å²) in [4.78, 5) is 1.37. The quantitative estimate of drug-likeness (QED) is 0.822. The topological polar surface area (TPSA) is 26.0 Å². The zero-order chi connectivity index (χ0) is 13.9. The number of nitrogens with two attached hydrogens (primary N) is 1. The lowest BCUT2D eigenvalue weighted by Gasteiger charge is -2.23. The molecule has 0 bridgehead atoms. The fraction of sp³-hybridized carbons (Fsp3) is 0.333. The zero-order valence-electron chi connectivity index (χ0n) is 11.9. The summed E-state index contributed by atoms with van der Waals surface area (Å²) >= 11 is 1.95. The molecule has 104 valence electrons. The van der Waals surface area contributed by atoms with Gasteiger partial charge in [0.05, 0.1) is 0 Å². The maximum absolute atomic E-state index is 6.57. The van der Waals surface area contributed by atoms with E-state index in [4.69, 9.17) is 5.73 Å². The van der Waals surface area contributed by atoms with Crippen LogP contribution in [0.3, 0.4) is 0 Å². The Balaban J connectivity index is 1.86. The van der Waals surface area contributed by atoms with E-state index < -0.39 is 0 Å². The van der Waals surface area contributed by atoms with Crippen LogP contribution < -0.4 is 5.73 Å². The van der Waals surface area contributed by atoms with Crippen molar-refractivity contribution < 1.29 is 0 Å². The maximum atomic E-state index is 6.57. The number of fused-ring (bicyclic) bond motifs is 1. The van der Waals surface area contributed by atoms with Crippen LogP contribution in [-0.2, 0) is 6.42 Å². The molecule has 1 aliphatic rings. The van der Waals surface area contributed by atoms with E-state index in [1.165, 1.54) is 34.4 Å². The van der Waals surface area contributed by atoms with Crippen molar-refractivity contribution in [3.05, 3.63) is 65.2 Å². The number of hydrogen-bond acceptors (Lipinski definition) is 2. The Hall–Kier alpha value is -1.25. The second-order valence-corrected chi connectivity index (χ2v) is 6.82. The van der Waals surface area contributed by atoms with E-state index in [9.17, 15) is 0 Å². The average Bonchev–Trinajstić information content (AvgIpc) is 2.62. The zero-order valence-corrected chi connectivity index (χ0v) is 12.7. The first kappa shape index (κ1) is 13.7. The Morgan fingerprint density at radius 1 is 1.05 bits per heavy atom. The van der Waals surface area contributed by atoms with Gasteiger partial charge in [-0.2, -0.15) is 0 Å². The van der Waals surface area contributed by atoms with Gasteiger partial charge < -0.3 is 5.73 Å². The van der Waals surface area contributed by atoms with Crippen LogP contribution >= 0.6 is 11.8 Å². The van der Waals surface area contributed by atoms with E-state index >= 15 is 0 Å². The fourth-order valence-corrected chi connectivity index (χ4v) is 4.26. The number of benzene rings is 2. The van der Waals surface area contributed by atoms with E-state index in [0.717, 1.165) is 6.42 Å². The summed E-state index contributed by atoms with van der Waals surface area (Å²) in [5.74, 6) is 0. The van der Waals surface area contributed by atoms with Crippen LogP contribution in [0.15, 0.2) is 53.4 Å². The Morgan fingerprint density at radius 2 is 1.80 bits per heavy atom. The summed E-state index contributed by atoms with van der Waals surface area (Å²) < 4.78 is 0. The van der Waals surface area contributed by atoms with Gasteiger partial charge in [-0.15, -0.1) is 11.8 Å². The molecular weight excluding hydrogens is 262 g/mol. The summed E-state index contributed by atoms with van der Waals surface area (Å²) in [6.07, 6.45) is 3.58. The lowest BCUT2D eigenvalue weighted by Crippen LogP contribution is -2.23. The van der Waals surface area contributed by atoms with E-state index in [0.29, 0.717) is 5.25 Å². The molecule has 0 saturated heterocycles. The molecular formula is C18H21NS. The SMILES string of the molecule is Cc1ccccc1SC1CCCc2ccccc2C1N. The summed E-state index contributed by atoms with van der Waals surface area (Å²) in [5.41, 5.74) is 10.7. The molecule has 0 amide bonds. The van der Waals surface area contributed by atoms with E-state index in [1.54, 1.807) is 0 Å². The van der Waals surface area contributed by atoms with Crippen molar-refractivity contribution in [2.24, 2.45) is 5.73 Å². The van der Waals surface area contributed by atoms with Crippen LogP contribution in [0.1, 0.15) is 35.6 Å². The van der Waals surface area contributed by atoms with Crippen molar-refractivity contribution in [3.8, 4) is 0 Å². The third-order valence-corrected chi connectivity index (χ3v) is 5.67. The molecule has 0 fully saturated rings. The molecule has 2 heteroatoms. The Labute approximate surface area is 125 Å². The molecule has 0 radical (unpaired) electrons. The maximum Gasteiger partial charge on any atom is 0.0421 e. The van der Waals surface area contributed by atoms with Crippen LogP contribution in [0.5, 0.6) is 0 Å². The van der Waals surface area contributed by atoms with Gasteiger partial charge in [0.25, 0.3) is 0 Å². The summed E-state index contributed by atoms with van der Waals surface area (Å²) in [5, 5.41) is 0.472. The van der Waals surface area contributed by atoms with Crippen molar-refractivity contribution in [1.29, 1.82) is 0 Å². The van der Waals surface area contributed by atoms with Crippen LogP contribution in [0, 0.1) is 6.92 Å². The van der Waals surface area contributed by atoms with Crippen LogP contribution in [0.2, 0.25) is 0 Å². The van der Waals surface area contributed by atoms with Gasteiger partial charge in [0, 0.05) is 16.2 Å². The Bertz CT molecular complexity index is 593. The number of thioether (sulfide) groups is 1. The highest BCUT2D eigenvalue weighted by Crippen LogP contribution is 2.38. The molecule has 2 unspecified atom stereocenters. The molecule has 2 atom stereocenters. The van der Waals surface area contributed by atoms with Gasteiger partial charge in [-0.3, -0.25) is 0 Å². The van der Waals surface area contributed by atoms with Crippen LogP contribution in [-0.4, -0.2) is 5.25 Å². The van der Waals surface area contributed by atoms with Gasteiger partial charge in [0.15, 0.2) is 0 Å². The molecule has 0 heterocycles. The molecule has 1 nitrogen and oxygen atoms in total. The highest BCUT2D eigenvalue weighted by molar-refractivity contribution is 8.00. The molecule has 2 aromatic rings. The highest BCUT2D eigenvalue weighted by atomic mass is 32.2. The second kappa shape index (κ2) is 6.02. The fourth-order valence-electron chi connectivity index (χ4n) is 2.94. The first-order valence-electron chi connectivity index (χ1n) is 7.31. The van der Waals surface area contributed by atoms with Crippen molar-refractivity contribution in [1.82, 2.24) is 0 Å². The van der Waals surface area contributed by atoms with Crippen molar-refractivity contribution >= 4 is 11.8 Å². The predicted molar refractivity (Wildman–Crippen MR) is 87.1 cm³/mol. The smallest absolute Gasteiger partial charge is 0.0421 e. The van der Waals surface area contributed by atoms with Crippen molar-refractivity contribution in [2.75, 3.05) is 0 Å². The lowest BCUT2D eigenvalue weighted by molar-refractivity contribution is 0.632. The molecule has 2 aromatic carbocycles. The van der Waals surface area contributed by atoms with E-state index in [1.807, 2.05) is 11.8 Å². The largest absolute Gasteiger partial charge is 0.323 e. The van der Waals surface area contributed by atoms with Gasteiger partial charge in [-0.05, 0) is 48.9 Å². The number of aryl methyl sites for hydroxylation is 2. The van der Waals surface area contributed by atoms with E-state index in [-0.39, 0.29) is 6.04 Å². The van der Waals surface area contributed by atoms with Gasteiger partial charge >= 0.3 is 0 Å². The normalized spacial score (nSPS) is 22.1. The molecule has 0 saturated carbocycles. The summed E-state index contributed by atoms with van der Waals surface area (Å²) in [7, 11) is 0. The second-order valence-electron chi connectivity index (χ2n) is 5.54. The van der Waals surface area contributed by atoms with Crippen LogP contribution in [0.25, 0.3) is 0 Å². The molecule has 20 heavy (non-hydrogen) atoms. The molecule has 2 N–H and O–H groups in total. The van der Waals surface area contributed by atoms with Crippen molar-refractivity contribution in [2.45, 2.75) is 42.4 Å². The van der Waals surface area contributed by atoms with Gasteiger partial charge in [-0.25, -0.2) is 0 Å². The van der Waals surface area contributed by atoms with Crippen molar-refractivity contribution in [3.63, 3.8) is 0 Å². The molecule has 0 spiro atoms. The van der Waals surface area contributed by atoms with Gasteiger partial charge in [0.2, 0.25) is 0 Å². The van der Waals surface area contributed by atoms with Gasteiger partial charge in [-0.1, -0.05) is 42.5 Å². The number of hydrogen-bond donors (Lipinski definition) is 1. The molecule has 3 rings (SSSR count). The monoisotopic (exact) mass is 283 g/mol. The van der Waals surface area contributed by atoms with E-state index in [2.05, 4.69) is 55.5 Å². The Morgan fingerprint density at radius 3 is 2.65 bits per heavy atom. The molecule has 1 aliphatic carbocycles. The first-order chi connectivity index (χ1) is 9.75. The van der Waals surface area contributed by atoms with Gasteiger partial charge in [0.1, 0.15) is 0 Å². The number of rotatable bonds is 2. The minimum atomic E-state index is 0.137. The third-order valence-electron chi connectivity index (χ3n) is 4.12. The van der Waals surface area contributed by atoms with Crippen LogP contribution in [0.4, 0.5) is 0 Å². The minimum absolute atomic E-state index is 0.137. The average molecular weight is 283 g/mol. The predicted octanol–water partition coefficient (Wildman–Crippen LogP) is 4.49. The third kappa shape index (κ3) is 2.77. The summed E-state index contributed by atoms with van der Waals surface area (Å²) in [6, 6.07) is 17.4. The minimum Gasteiger partial charge on any atom is -0.323 e. The highest BCUT2D eigenvalue weighted by Gasteiger charge is 2.25. The lowest BCUT2D eigenvalue weighted by atomic mass is 10.00. The standard InChI is InChI=1S/C18H21NS/c1-13-7-2-5-11-16(13)20-17-12-6-9-14-8-3-4-10-15(14)18(17)19/h2-5,7-8,10-11,17-18H,6,9,12,19H2,1H3. The first-order valence-corrected chi connectivity index (χ1v) is 8.19. The Kier molecular flexibility index (Phi) is 4.13.